The van der Waals surface area contributed by atoms with Gasteiger partial charge >= 0.3 is 0 Å². The normalized spacial score (nSPS) is 22.9. The van der Waals surface area contributed by atoms with E-state index in [1.807, 2.05) is 4.90 Å². The summed E-state index contributed by atoms with van der Waals surface area (Å²) in [5.74, 6) is 0.533. The van der Waals surface area contributed by atoms with Gasteiger partial charge in [-0.15, -0.1) is 0 Å². The number of amides is 2. The molecule has 2 aliphatic heterocycles. The van der Waals surface area contributed by atoms with Gasteiger partial charge in [-0.2, -0.15) is 0 Å². The third kappa shape index (κ3) is 3.60. The van der Waals surface area contributed by atoms with Gasteiger partial charge in [0.1, 0.15) is 0 Å². The molecule has 7 nitrogen and oxygen atoms in total. The Morgan fingerprint density at radius 1 is 1.04 bits per heavy atom. The zero-order valence-electron chi connectivity index (χ0n) is 13.2. The Kier molecular flexibility index (Phi) is 4.73. The summed E-state index contributed by atoms with van der Waals surface area (Å²) < 4.78 is 0. The maximum Gasteiger partial charge on any atom is 0.227 e. The molecule has 2 aliphatic rings. The van der Waals surface area contributed by atoms with E-state index in [0.717, 1.165) is 19.4 Å². The summed E-state index contributed by atoms with van der Waals surface area (Å²) in [7, 11) is 0. The molecule has 1 atom stereocenters. The lowest BCUT2D eigenvalue weighted by Crippen LogP contribution is -2.48. The highest BCUT2D eigenvalue weighted by atomic mass is 16.2. The lowest BCUT2D eigenvalue weighted by atomic mass is 9.92. The molecule has 0 saturated carbocycles. The first-order valence-electron chi connectivity index (χ1n) is 8.25. The molecule has 0 radical (unpaired) electrons. The molecule has 0 unspecified atom stereocenters. The fourth-order valence-electron chi connectivity index (χ4n) is 3.46. The maximum atomic E-state index is 12.7. The summed E-state index contributed by atoms with van der Waals surface area (Å²) in [6.45, 7) is 2.81. The van der Waals surface area contributed by atoms with E-state index in [-0.39, 0.29) is 23.7 Å². The van der Waals surface area contributed by atoms with Crippen LogP contribution < -0.4 is 10.6 Å². The number of carbonyl (C=O) groups excluding carboxylic acids is 2. The Morgan fingerprint density at radius 3 is 2.39 bits per heavy atom. The average molecular weight is 317 g/mol. The Morgan fingerprint density at radius 2 is 1.74 bits per heavy atom. The zero-order valence-corrected chi connectivity index (χ0v) is 13.2. The largest absolute Gasteiger partial charge is 0.369 e. The van der Waals surface area contributed by atoms with Crippen molar-refractivity contribution in [2.24, 2.45) is 17.6 Å². The molecule has 124 valence electrons. The van der Waals surface area contributed by atoms with Gasteiger partial charge in [0.25, 0.3) is 0 Å². The van der Waals surface area contributed by atoms with Crippen molar-refractivity contribution >= 4 is 17.8 Å². The van der Waals surface area contributed by atoms with Gasteiger partial charge < -0.3 is 15.5 Å². The lowest BCUT2D eigenvalue weighted by Gasteiger charge is -2.37. The first-order valence-corrected chi connectivity index (χ1v) is 8.25. The summed E-state index contributed by atoms with van der Waals surface area (Å²) in [5.41, 5.74) is 5.35. The lowest BCUT2D eigenvalue weighted by molar-refractivity contribution is -0.138. The quantitative estimate of drug-likeness (QED) is 0.872. The minimum atomic E-state index is -0.248. The molecular weight excluding hydrogens is 294 g/mol. The van der Waals surface area contributed by atoms with Crippen molar-refractivity contribution in [1.29, 1.82) is 0 Å². The molecule has 0 aliphatic carbocycles. The van der Waals surface area contributed by atoms with E-state index in [0.29, 0.717) is 38.4 Å². The molecule has 23 heavy (non-hydrogen) atoms. The van der Waals surface area contributed by atoms with Crippen LogP contribution in [0.4, 0.5) is 5.95 Å². The van der Waals surface area contributed by atoms with Gasteiger partial charge in [0.05, 0.1) is 5.92 Å². The highest BCUT2D eigenvalue weighted by molar-refractivity contribution is 5.81. The van der Waals surface area contributed by atoms with Crippen LogP contribution in [0.1, 0.15) is 25.7 Å². The number of rotatable bonds is 3. The van der Waals surface area contributed by atoms with Gasteiger partial charge in [-0.1, -0.05) is 0 Å². The molecule has 0 spiro atoms. The smallest absolute Gasteiger partial charge is 0.227 e. The van der Waals surface area contributed by atoms with Crippen LogP contribution in [0.3, 0.4) is 0 Å². The fraction of sp³-hybridized carbons (Fsp3) is 0.625. The van der Waals surface area contributed by atoms with Gasteiger partial charge in [-0.05, 0) is 31.7 Å². The zero-order chi connectivity index (χ0) is 16.2. The third-order valence-corrected chi connectivity index (χ3v) is 4.81. The van der Waals surface area contributed by atoms with E-state index in [9.17, 15) is 9.59 Å². The Hall–Kier alpha value is -2.18. The summed E-state index contributed by atoms with van der Waals surface area (Å²) in [4.78, 5) is 36.5. The summed E-state index contributed by atoms with van der Waals surface area (Å²) in [6.07, 6.45) is 6.67. The Bertz CT molecular complexity index is 557. The first kappa shape index (κ1) is 15.7. The van der Waals surface area contributed by atoms with Gasteiger partial charge in [-0.3, -0.25) is 9.59 Å². The Labute approximate surface area is 135 Å². The number of primary amides is 1. The molecule has 3 heterocycles. The molecular formula is C16H23N5O2. The van der Waals surface area contributed by atoms with Crippen LogP contribution in [0, 0.1) is 11.8 Å². The number of nitrogens with zero attached hydrogens (tertiary/aromatic N) is 4. The highest BCUT2D eigenvalue weighted by Gasteiger charge is 2.33. The topological polar surface area (TPSA) is 92.4 Å². The highest BCUT2D eigenvalue weighted by Crippen LogP contribution is 2.24. The summed E-state index contributed by atoms with van der Waals surface area (Å²) >= 11 is 0. The van der Waals surface area contributed by atoms with Crippen LogP contribution in [-0.4, -0.2) is 52.9 Å². The average Bonchev–Trinajstić information content (AvgIpc) is 2.62. The van der Waals surface area contributed by atoms with Crippen LogP contribution in [0.15, 0.2) is 18.5 Å². The van der Waals surface area contributed by atoms with Crippen LogP contribution in [0.25, 0.3) is 0 Å². The monoisotopic (exact) mass is 317 g/mol. The van der Waals surface area contributed by atoms with Gasteiger partial charge in [-0.25, -0.2) is 9.97 Å². The molecule has 2 amide bonds. The van der Waals surface area contributed by atoms with E-state index in [1.54, 1.807) is 18.5 Å². The predicted octanol–water partition coefficient (Wildman–Crippen LogP) is 0.417. The van der Waals surface area contributed by atoms with E-state index < -0.39 is 0 Å². The van der Waals surface area contributed by atoms with E-state index in [1.165, 1.54) is 0 Å². The van der Waals surface area contributed by atoms with Crippen LogP contribution >= 0.6 is 0 Å². The number of aromatic nitrogens is 2. The second kappa shape index (κ2) is 6.93. The standard InChI is InChI=1S/C16H23N5O2/c17-14(22)12-4-9-20(10-5-12)15(23)13-3-1-8-21(11-13)16-18-6-2-7-19-16/h2,6-7,12-13H,1,3-5,8-11H2,(H2,17,22)/t13-/m0/s1. The van der Waals surface area contributed by atoms with Crippen molar-refractivity contribution in [2.45, 2.75) is 25.7 Å². The second-order valence-electron chi connectivity index (χ2n) is 6.34. The number of carbonyl (C=O) groups is 2. The maximum absolute atomic E-state index is 12.7. The minimum Gasteiger partial charge on any atom is -0.369 e. The van der Waals surface area contributed by atoms with Gasteiger partial charge in [0.15, 0.2) is 0 Å². The summed E-state index contributed by atoms with van der Waals surface area (Å²) in [5, 5.41) is 0. The first-order chi connectivity index (χ1) is 11.1. The molecule has 3 rings (SSSR count). The molecule has 1 aromatic rings. The second-order valence-corrected chi connectivity index (χ2v) is 6.34. The van der Waals surface area contributed by atoms with Crippen molar-refractivity contribution in [3.05, 3.63) is 18.5 Å². The number of hydrogen-bond acceptors (Lipinski definition) is 5. The molecule has 0 bridgehead atoms. The Balaban J connectivity index is 1.58. The number of anilines is 1. The molecule has 2 saturated heterocycles. The predicted molar refractivity (Wildman–Crippen MR) is 85.5 cm³/mol. The van der Waals surface area contributed by atoms with Crippen LogP contribution in [0.5, 0.6) is 0 Å². The number of nitrogens with two attached hydrogens (primary N) is 1. The summed E-state index contributed by atoms with van der Waals surface area (Å²) in [6, 6.07) is 1.79. The molecule has 2 fully saturated rings. The van der Waals surface area contributed by atoms with Gasteiger partial charge in [0.2, 0.25) is 17.8 Å². The van der Waals surface area contributed by atoms with Crippen molar-refractivity contribution in [1.82, 2.24) is 14.9 Å². The molecule has 2 N–H and O–H groups in total. The van der Waals surface area contributed by atoms with Gasteiger partial charge in [0, 0.05) is 44.5 Å². The number of hydrogen-bond donors (Lipinski definition) is 1. The van der Waals surface area contributed by atoms with E-state index in [4.69, 9.17) is 5.73 Å². The van der Waals surface area contributed by atoms with E-state index >= 15 is 0 Å². The minimum absolute atomic E-state index is 0.0160. The van der Waals surface area contributed by atoms with Crippen molar-refractivity contribution < 1.29 is 9.59 Å². The van der Waals surface area contributed by atoms with Crippen molar-refractivity contribution in [3.8, 4) is 0 Å². The molecule has 1 aromatic heterocycles. The fourth-order valence-corrected chi connectivity index (χ4v) is 3.46. The van der Waals surface area contributed by atoms with E-state index in [2.05, 4.69) is 14.9 Å². The number of likely N-dealkylation sites (tertiary alicyclic amines) is 1. The molecule has 0 aromatic carbocycles. The van der Waals surface area contributed by atoms with Crippen LogP contribution in [-0.2, 0) is 9.59 Å². The van der Waals surface area contributed by atoms with Crippen molar-refractivity contribution in [3.63, 3.8) is 0 Å². The number of piperidine rings is 2. The van der Waals surface area contributed by atoms with Crippen molar-refractivity contribution in [2.75, 3.05) is 31.1 Å². The SMILES string of the molecule is NC(=O)C1CCN(C(=O)[C@H]2CCCN(c3ncccn3)C2)CC1. The van der Waals surface area contributed by atoms with Crippen LogP contribution in [0.2, 0.25) is 0 Å². The molecule has 7 heteroatoms. The third-order valence-electron chi connectivity index (χ3n) is 4.81.